The van der Waals surface area contributed by atoms with Gasteiger partial charge in [0.15, 0.2) is 5.82 Å². The van der Waals surface area contributed by atoms with E-state index < -0.39 is 0 Å². The second kappa shape index (κ2) is 5.26. The van der Waals surface area contributed by atoms with Crippen LogP contribution in [0.25, 0.3) is 0 Å². The van der Waals surface area contributed by atoms with E-state index in [1.807, 2.05) is 30.1 Å². The second-order valence-electron chi connectivity index (χ2n) is 5.15. The Kier molecular flexibility index (Phi) is 3.30. The van der Waals surface area contributed by atoms with Crippen molar-refractivity contribution in [1.29, 1.82) is 10.5 Å². The summed E-state index contributed by atoms with van der Waals surface area (Å²) >= 11 is 0. The molecule has 1 aliphatic rings. The molecule has 0 atom stereocenters. The number of rotatable bonds is 2. The second-order valence-corrected chi connectivity index (χ2v) is 5.15. The van der Waals surface area contributed by atoms with Crippen LogP contribution in [0.15, 0.2) is 30.3 Å². The molecule has 1 aromatic heterocycles. The molecular weight excluding hydrogens is 260 g/mol. The van der Waals surface area contributed by atoms with Crippen molar-refractivity contribution in [3.8, 4) is 12.1 Å². The normalized spacial score (nSPS) is 12.3. The lowest BCUT2D eigenvalue weighted by Crippen LogP contribution is -2.14. The third-order valence-corrected chi connectivity index (χ3v) is 3.83. The Morgan fingerprint density at radius 1 is 1.14 bits per heavy atom. The molecule has 0 unspecified atom stereocenters. The van der Waals surface area contributed by atoms with E-state index in [1.54, 1.807) is 12.1 Å². The maximum Gasteiger partial charge on any atom is 0.151 e. The summed E-state index contributed by atoms with van der Waals surface area (Å²) in [5, 5.41) is 18.4. The van der Waals surface area contributed by atoms with Crippen molar-refractivity contribution in [1.82, 2.24) is 4.98 Å². The summed E-state index contributed by atoms with van der Waals surface area (Å²) in [4.78, 5) is 6.55. The molecule has 0 saturated carbocycles. The summed E-state index contributed by atoms with van der Waals surface area (Å²) in [7, 11) is 1.88. The molecule has 3 rings (SSSR count). The Morgan fingerprint density at radius 2 is 2.00 bits per heavy atom. The van der Waals surface area contributed by atoms with Gasteiger partial charge in [-0.15, -0.1) is 0 Å². The van der Waals surface area contributed by atoms with E-state index in [0.29, 0.717) is 16.9 Å². The van der Waals surface area contributed by atoms with Crippen molar-refractivity contribution in [2.75, 3.05) is 11.9 Å². The molecule has 1 aromatic carbocycles. The summed E-state index contributed by atoms with van der Waals surface area (Å²) < 4.78 is 0. The first kappa shape index (κ1) is 13.1. The van der Waals surface area contributed by atoms with Crippen LogP contribution in [0.3, 0.4) is 0 Å². The van der Waals surface area contributed by atoms with Gasteiger partial charge in [-0.2, -0.15) is 10.5 Å². The molecule has 0 N–H and O–H groups in total. The van der Waals surface area contributed by atoms with Gasteiger partial charge in [-0.25, -0.2) is 4.98 Å². The van der Waals surface area contributed by atoms with Crippen LogP contribution in [0.5, 0.6) is 0 Å². The lowest BCUT2D eigenvalue weighted by Gasteiger charge is -2.20. The molecule has 1 heterocycles. The number of anilines is 2. The van der Waals surface area contributed by atoms with Gasteiger partial charge in [0.2, 0.25) is 0 Å². The summed E-state index contributed by atoms with van der Waals surface area (Å²) in [5.74, 6) is 0.660. The number of fused-ring (bicyclic) bond motifs is 1. The van der Waals surface area contributed by atoms with Gasteiger partial charge >= 0.3 is 0 Å². The van der Waals surface area contributed by atoms with E-state index in [0.717, 1.165) is 30.6 Å². The highest BCUT2D eigenvalue weighted by Crippen LogP contribution is 2.30. The van der Waals surface area contributed by atoms with E-state index in [2.05, 4.69) is 17.1 Å². The largest absolute Gasteiger partial charge is 0.328 e. The fraction of sp³-hybridized carbons (Fsp3) is 0.235. The van der Waals surface area contributed by atoms with Crippen LogP contribution in [-0.4, -0.2) is 12.0 Å². The molecule has 2 aromatic rings. The first-order chi connectivity index (χ1) is 10.2. The quantitative estimate of drug-likeness (QED) is 0.844. The van der Waals surface area contributed by atoms with Gasteiger partial charge in [0.05, 0.1) is 17.2 Å². The third kappa shape index (κ3) is 2.32. The van der Waals surface area contributed by atoms with E-state index >= 15 is 0 Å². The topological polar surface area (TPSA) is 63.7 Å². The van der Waals surface area contributed by atoms with Crippen molar-refractivity contribution in [2.45, 2.75) is 19.3 Å². The number of nitrogens with zero attached hydrogens (tertiary/aromatic N) is 4. The molecule has 102 valence electrons. The molecule has 0 radical (unpaired) electrons. The Balaban J connectivity index is 2.07. The molecule has 1 aliphatic carbocycles. The summed E-state index contributed by atoms with van der Waals surface area (Å²) in [6.07, 6.45) is 3.08. The van der Waals surface area contributed by atoms with Crippen molar-refractivity contribution in [2.24, 2.45) is 0 Å². The summed E-state index contributed by atoms with van der Waals surface area (Å²) in [6, 6.07) is 13.6. The first-order valence-electron chi connectivity index (χ1n) is 6.89. The number of aromatic nitrogens is 1. The minimum Gasteiger partial charge on any atom is -0.328 e. The molecule has 0 saturated heterocycles. The minimum absolute atomic E-state index is 0.584. The van der Waals surface area contributed by atoms with E-state index in [9.17, 15) is 5.26 Å². The standard InChI is InChI=1S/C17H14N4/c1-21(15-6-2-4-12(8-15)10-18)17-14(11-19)9-13-5-3-7-16(13)20-17/h2,4,6,8-9H,3,5,7H2,1H3. The van der Waals surface area contributed by atoms with Crippen molar-refractivity contribution < 1.29 is 0 Å². The van der Waals surface area contributed by atoms with Crippen molar-refractivity contribution in [3.63, 3.8) is 0 Å². The zero-order chi connectivity index (χ0) is 14.8. The van der Waals surface area contributed by atoms with Gasteiger partial charge in [0.1, 0.15) is 6.07 Å². The van der Waals surface area contributed by atoms with Crippen molar-refractivity contribution in [3.05, 3.63) is 52.7 Å². The maximum absolute atomic E-state index is 9.38. The lowest BCUT2D eigenvalue weighted by molar-refractivity contribution is 0.898. The number of hydrogen-bond donors (Lipinski definition) is 0. The van der Waals surface area contributed by atoms with Crippen LogP contribution in [0.2, 0.25) is 0 Å². The van der Waals surface area contributed by atoms with E-state index in [4.69, 9.17) is 5.26 Å². The predicted octanol–water partition coefficient (Wildman–Crippen LogP) is 3.08. The third-order valence-electron chi connectivity index (χ3n) is 3.83. The number of hydrogen-bond acceptors (Lipinski definition) is 4. The number of aryl methyl sites for hydroxylation is 2. The number of nitriles is 2. The zero-order valence-electron chi connectivity index (χ0n) is 11.8. The van der Waals surface area contributed by atoms with Crippen LogP contribution in [-0.2, 0) is 12.8 Å². The smallest absolute Gasteiger partial charge is 0.151 e. The highest BCUT2D eigenvalue weighted by molar-refractivity contribution is 5.67. The maximum atomic E-state index is 9.38. The van der Waals surface area contributed by atoms with E-state index in [1.165, 1.54) is 5.56 Å². The molecule has 4 nitrogen and oxygen atoms in total. The monoisotopic (exact) mass is 274 g/mol. The minimum atomic E-state index is 0.584. The Labute approximate surface area is 123 Å². The average Bonchev–Trinajstić information content (AvgIpc) is 3.00. The predicted molar refractivity (Wildman–Crippen MR) is 80.2 cm³/mol. The SMILES string of the molecule is CN(c1cccc(C#N)c1)c1nc2c(cc1C#N)CCC2. The molecule has 21 heavy (non-hydrogen) atoms. The number of pyridine rings is 1. The Morgan fingerprint density at radius 3 is 2.76 bits per heavy atom. The lowest BCUT2D eigenvalue weighted by atomic mass is 10.1. The molecule has 4 heteroatoms. The Bertz CT molecular complexity index is 780. The molecular formula is C17H14N4. The number of benzene rings is 1. The molecule has 0 spiro atoms. The van der Waals surface area contributed by atoms with Crippen LogP contribution in [0.4, 0.5) is 11.5 Å². The van der Waals surface area contributed by atoms with Crippen molar-refractivity contribution >= 4 is 11.5 Å². The molecule has 0 aliphatic heterocycles. The highest BCUT2D eigenvalue weighted by atomic mass is 15.2. The first-order valence-corrected chi connectivity index (χ1v) is 6.89. The fourth-order valence-corrected chi connectivity index (χ4v) is 2.71. The fourth-order valence-electron chi connectivity index (χ4n) is 2.71. The van der Waals surface area contributed by atoms with Crippen LogP contribution in [0.1, 0.15) is 28.8 Å². The Hall–Kier alpha value is -2.85. The van der Waals surface area contributed by atoms with Gasteiger partial charge in [-0.3, -0.25) is 0 Å². The molecule has 0 fully saturated rings. The zero-order valence-corrected chi connectivity index (χ0v) is 11.8. The molecule has 0 amide bonds. The van der Waals surface area contributed by atoms with Gasteiger partial charge in [0, 0.05) is 18.4 Å². The summed E-state index contributed by atoms with van der Waals surface area (Å²) in [5.41, 5.74) is 4.32. The van der Waals surface area contributed by atoms with Crippen LogP contribution >= 0.6 is 0 Å². The van der Waals surface area contributed by atoms with E-state index in [-0.39, 0.29) is 0 Å². The van der Waals surface area contributed by atoms with Crippen LogP contribution < -0.4 is 4.90 Å². The average molecular weight is 274 g/mol. The van der Waals surface area contributed by atoms with Gasteiger partial charge in [0.25, 0.3) is 0 Å². The summed E-state index contributed by atoms with van der Waals surface area (Å²) in [6.45, 7) is 0. The van der Waals surface area contributed by atoms with Gasteiger partial charge < -0.3 is 4.90 Å². The molecule has 0 bridgehead atoms. The van der Waals surface area contributed by atoms with Crippen LogP contribution in [0, 0.1) is 22.7 Å². The highest BCUT2D eigenvalue weighted by Gasteiger charge is 2.19. The van der Waals surface area contributed by atoms with Gasteiger partial charge in [-0.1, -0.05) is 6.07 Å². The van der Waals surface area contributed by atoms with Gasteiger partial charge in [-0.05, 0) is 49.1 Å².